The van der Waals surface area contributed by atoms with Crippen LogP contribution in [0.2, 0.25) is 0 Å². The molecule has 3 aromatic rings. The Hall–Kier alpha value is -2.42. The number of nitrogens with zero attached hydrogens (tertiary/aromatic N) is 2. The number of rotatable bonds is 2. The molecule has 1 aromatic carbocycles. The fourth-order valence-electron chi connectivity index (χ4n) is 2.03. The van der Waals surface area contributed by atoms with Crippen LogP contribution in [0.1, 0.15) is 5.69 Å². The Labute approximate surface area is 104 Å². The summed E-state index contributed by atoms with van der Waals surface area (Å²) in [7, 11) is 0. The van der Waals surface area contributed by atoms with Gasteiger partial charge in [-0.2, -0.15) is 0 Å². The molecule has 2 aromatic heterocycles. The Balaban J connectivity index is 2.28. The van der Waals surface area contributed by atoms with Crippen molar-refractivity contribution in [2.75, 3.05) is 0 Å². The lowest BCUT2D eigenvalue weighted by Crippen LogP contribution is -1.86. The van der Waals surface area contributed by atoms with Gasteiger partial charge in [0.1, 0.15) is 11.5 Å². The molecule has 3 heteroatoms. The summed E-state index contributed by atoms with van der Waals surface area (Å²) in [5.41, 5.74) is 3.47. The summed E-state index contributed by atoms with van der Waals surface area (Å²) in [5, 5.41) is 0. The Bertz CT molecular complexity index is 711. The van der Waals surface area contributed by atoms with E-state index < -0.39 is 0 Å². The second-order valence-corrected chi connectivity index (χ2v) is 3.99. The normalized spacial score (nSPS) is 10.7. The van der Waals surface area contributed by atoms with Crippen LogP contribution in [0.25, 0.3) is 23.0 Å². The zero-order chi connectivity index (χ0) is 12.5. The molecule has 2 heterocycles. The number of fused-ring (bicyclic) bond motifs is 1. The average Bonchev–Trinajstić information content (AvgIpc) is 2.78. The van der Waals surface area contributed by atoms with E-state index in [2.05, 4.69) is 11.6 Å². The number of hydrogen-bond acceptors (Lipinski definition) is 1. The molecule has 0 fully saturated rings. The van der Waals surface area contributed by atoms with Crippen LogP contribution in [0.15, 0.2) is 55.2 Å². The van der Waals surface area contributed by atoms with E-state index in [0.29, 0.717) is 0 Å². The number of pyridine rings is 1. The van der Waals surface area contributed by atoms with E-state index >= 15 is 0 Å². The summed E-state index contributed by atoms with van der Waals surface area (Å²) in [6, 6.07) is 12.1. The van der Waals surface area contributed by atoms with Gasteiger partial charge in [0.05, 0.1) is 11.4 Å². The first-order valence-corrected chi connectivity index (χ1v) is 5.65. The van der Waals surface area contributed by atoms with Crippen LogP contribution < -0.4 is 0 Å². The highest BCUT2D eigenvalue weighted by molar-refractivity contribution is 5.73. The monoisotopic (exact) mass is 238 g/mol. The smallest absolute Gasteiger partial charge is 0.137 e. The highest BCUT2D eigenvalue weighted by Crippen LogP contribution is 2.25. The van der Waals surface area contributed by atoms with E-state index in [4.69, 9.17) is 0 Å². The Morgan fingerprint density at radius 3 is 2.61 bits per heavy atom. The highest BCUT2D eigenvalue weighted by Gasteiger charge is 2.10. The Kier molecular flexibility index (Phi) is 2.45. The molecule has 0 saturated carbocycles. The summed E-state index contributed by atoms with van der Waals surface area (Å²) in [6.07, 6.45) is 3.70. The van der Waals surface area contributed by atoms with Crippen molar-refractivity contribution >= 4 is 11.7 Å². The fourth-order valence-corrected chi connectivity index (χ4v) is 2.03. The minimum absolute atomic E-state index is 0.248. The van der Waals surface area contributed by atoms with Gasteiger partial charge in [0.2, 0.25) is 0 Å². The third-order valence-corrected chi connectivity index (χ3v) is 2.88. The van der Waals surface area contributed by atoms with Gasteiger partial charge in [0, 0.05) is 11.8 Å². The molecule has 0 amide bonds. The second kappa shape index (κ2) is 4.11. The van der Waals surface area contributed by atoms with E-state index in [0.717, 1.165) is 22.6 Å². The van der Waals surface area contributed by atoms with E-state index in [1.807, 2.05) is 28.8 Å². The predicted octanol–water partition coefficient (Wildman–Crippen LogP) is 3.78. The van der Waals surface area contributed by atoms with Gasteiger partial charge in [0.15, 0.2) is 0 Å². The number of halogens is 1. The van der Waals surface area contributed by atoms with Crippen molar-refractivity contribution in [1.82, 2.24) is 9.38 Å². The molecule has 0 spiro atoms. The van der Waals surface area contributed by atoms with E-state index in [-0.39, 0.29) is 5.82 Å². The van der Waals surface area contributed by atoms with Crippen LogP contribution in [0.4, 0.5) is 4.39 Å². The molecule has 88 valence electrons. The molecule has 0 aliphatic rings. The van der Waals surface area contributed by atoms with E-state index in [1.165, 1.54) is 12.1 Å². The van der Waals surface area contributed by atoms with Gasteiger partial charge >= 0.3 is 0 Å². The van der Waals surface area contributed by atoms with Crippen LogP contribution in [0, 0.1) is 5.82 Å². The van der Waals surface area contributed by atoms with Crippen LogP contribution in [-0.2, 0) is 0 Å². The molecule has 0 saturated heterocycles. The number of imidazole rings is 1. The summed E-state index contributed by atoms with van der Waals surface area (Å²) in [4.78, 5) is 4.55. The van der Waals surface area contributed by atoms with Crippen LogP contribution in [0.3, 0.4) is 0 Å². The maximum absolute atomic E-state index is 12.9. The third kappa shape index (κ3) is 1.61. The standard InChI is InChI=1S/C15H11FN2/c1-2-13-15(11-6-8-12(16)9-7-11)17-14-5-3-4-10-18(13)14/h2-10H,1H2. The van der Waals surface area contributed by atoms with Crippen LogP contribution >= 0.6 is 0 Å². The van der Waals surface area contributed by atoms with Gasteiger partial charge in [-0.3, -0.25) is 4.40 Å². The lowest BCUT2D eigenvalue weighted by molar-refractivity contribution is 0.628. The van der Waals surface area contributed by atoms with Gasteiger partial charge in [-0.05, 0) is 42.5 Å². The molecule has 2 nitrogen and oxygen atoms in total. The minimum atomic E-state index is -0.248. The first-order chi connectivity index (χ1) is 8.79. The van der Waals surface area contributed by atoms with Crippen molar-refractivity contribution in [1.29, 1.82) is 0 Å². The zero-order valence-corrected chi connectivity index (χ0v) is 9.68. The maximum Gasteiger partial charge on any atom is 0.137 e. The molecule has 0 aliphatic carbocycles. The molecule has 0 N–H and O–H groups in total. The third-order valence-electron chi connectivity index (χ3n) is 2.88. The van der Waals surface area contributed by atoms with Crippen molar-refractivity contribution in [2.45, 2.75) is 0 Å². The maximum atomic E-state index is 12.9. The van der Waals surface area contributed by atoms with Crippen molar-refractivity contribution in [3.63, 3.8) is 0 Å². The lowest BCUT2D eigenvalue weighted by Gasteiger charge is -1.99. The van der Waals surface area contributed by atoms with Gasteiger partial charge in [-0.25, -0.2) is 9.37 Å². The quantitative estimate of drug-likeness (QED) is 0.664. The van der Waals surface area contributed by atoms with Crippen molar-refractivity contribution in [3.8, 4) is 11.3 Å². The van der Waals surface area contributed by atoms with Crippen molar-refractivity contribution in [3.05, 3.63) is 66.8 Å². The Morgan fingerprint density at radius 2 is 1.89 bits per heavy atom. The predicted molar refractivity (Wildman–Crippen MR) is 70.7 cm³/mol. The fraction of sp³-hybridized carbons (Fsp3) is 0. The van der Waals surface area contributed by atoms with Crippen LogP contribution in [-0.4, -0.2) is 9.38 Å². The molecule has 18 heavy (non-hydrogen) atoms. The topological polar surface area (TPSA) is 17.3 Å². The molecule has 0 unspecified atom stereocenters. The summed E-state index contributed by atoms with van der Waals surface area (Å²) in [5.74, 6) is -0.248. The molecule has 0 radical (unpaired) electrons. The van der Waals surface area contributed by atoms with E-state index in [9.17, 15) is 4.39 Å². The van der Waals surface area contributed by atoms with Crippen molar-refractivity contribution in [2.24, 2.45) is 0 Å². The second-order valence-electron chi connectivity index (χ2n) is 3.99. The largest absolute Gasteiger partial charge is 0.300 e. The highest BCUT2D eigenvalue weighted by atomic mass is 19.1. The lowest BCUT2D eigenvalue weighted by atomic mass is 10.1. The average molecular weight is 238 g/mol. The number of benzene rings is 1. The number of aromatic nitrogens is 2. The molecular weight excluding hydrogens is 227 g/mol. The first kappa shape index (κ1) is 10.7. The summed E-state index contributed by atoms with van der Waals surface area (Å²) in [6.45, 7) is 3.82. The minimum Gasteiger partial charge on any atom is -0.300 e. The van der Waals surface area contributed by atoms with Gasteiger partial charge in [0.25, 0.3) is 0 Å². The summed E-state index contributed by atoms with van der Waals surface area (Å²) >= 11 is 0. The van der Waals surface area contributed by atoms with Gasteiger partial charge in [-0.15, -0.1) is 0 Å². The van der Waals surface area contributed by atoms with Crippen LogP contribution in [0.5, 0.6) is 0 Å². The summed E-state index contributed by atoms with van der Waals surface area (Å²) < 4.78 is 14.9. The first-order valence-electron chi connectivity index (χ1n) is 5.65. The van der Waals surface area contributed by atoms with E-state index in [1.54, 1.807) is 18.2 Å². The molecule has 0 bridgehead atoms. The molecule has 3 rings (SSSR count). The molecule has 0 aliphatic heterocycles. The molecule has 0 atom stereocenters. The van der Waals surface area contributed by atoms with Crippen molar-refractivity contribution < 1.29 is 4.39 Å². The SMILES string of the molecule is C=Cc1c(-c2ccc(F)cc2)nc2ccccn12. The Morgan fingerprint density at radius 1 is 1.11 bits per heavy atom. The number of hydrogen-bond donors (Lipinski definition) is 0. The van der Waals surface area contributed by atoms with Gasteiger partial charge in [-0.1, -0.05) is 12.6 Å². The zero-order valence-electron chi connectivity index (χ0n) is 9.68. The molecular formula is C15H11FN2. The van der Waals surface area contributed by atoms with Gasteiger partial charge < -0.3 is 0 Å².